The molecule has 2 aliphatic heterocycles. The van der Waals surface area contributed by atoms with Crippen molar-refractivity contribution in [1.29, 1.82) is 5.26 Å². The number of nitriles is 1. The van der Waals surface area contributed by atoms with E-state index in [0.29, 0.717) is 20.7 Å². The van der Waals surface area contributed by atoms with Crippen LogP contribution >= 0.6 is 24.0 Å². The molecule has 0 N–H and O–H groups in total. The molecule has 1 aromatic rings. The van der Waals surface area contributed by atoms with E-state index in [-0.39, 0.29) is 23.1 Å². The minimum absolute atomic E-state index is 0.0494. The molecule has 1 saturated carbocycles. The van der Waals surface area contributed by atoms with Crippen molar-refractivity contribution in [2.75, 3.05) is 18.0 Å². The molecular weight excluding hydrogens is 428 g/mol. The Labute approximate surface area is 192 Å². The Balaban J connectivity index is 1.83. The van der Waals surface area contributed by atoms with Crippen molar-refractivity contribution < 1.29 is 4.79 Å². The van der Waals surface area contributed by atoms with E-state index in [9.17, 15) is 14.9 Å². The first-order valence-electron chi connectivity index (χ1n) is 11.0. The lowest BCUT2D eigenvalue weighted by atomic mass is 9.98. The Morgan fingerprint density at radius 1 is 1.19 bits per heavy atom. The fourth-order valence-corrected chi connectivity index (χ4v) is 6.45. The van der Waals surface area contributed by atoms with Gasteiger partial charge in [-0.3, -0.25) is 19.1 Å². The Hall–Kier alpha value is -2.11. The van der Waals surface area contributed by atoms with Gasteiger partial charge in [-0.15, -0.1) is 0 Å². The molecule has 1 aliphatic carbocycles. The number of rotatable bonds is 3. The van der Waals surface area contributed by atoms with Crippen molar-refractivity contribution in [3.05, 3.63) is 31.9 Å². The van der Waals surface area contributed by atoms with E-state index in [4.69, 9.17) is 12.2 Å². The zero-order valence-corrected chi connectivity index (χ0v) is 19.9. The summed E-state index contributed by atoms with van der Waals surface area (Å²) in [6, 6.07) is 2.26. The first-order chi connectivity index (χ1) is 14.8. The predicted molar refractivity (Wildman–Crippen MR) is 129 cm³/mol. The van der Waals surface area contributed by atoms with Gasteiger partial charge in [0, 0.05) is 31.7 Å². The van der Waals surface area contributed by atoms with Crippen molar-refractivity contribution >= 4 is 46.1 Å². The van der Waals surface area contributed by atoms with Gasteiger partial charge >= 0.3 is 0 Å². The second kappa shape index (κ2) is 8.79. The molecule has 0 spiro atoms. The number of aromatic nitrogens is 1. The quantitative estimate of drug-likeness (QED) is 0.507. The highest BCUT2D eigenvalue weighted by atomic mass is 32.2. The van der Waals surface area contributed by atoms with Crippen LogP contribution in [-0.4, -0.2) is 38.8 Å². The lowest BCUT2D eigenvalue weighted by Gasteiger charge is -2.35. The molecule has 31 heavy (non-hydrogen) atoms. The number of carbonyl (C=O) groups is 1. The maximum absolute atomic E-state index is 13.3. The van der Waals surface area contributed by atoms with Gasteiger partial charge in [-0.2, -0.15) is 5.26 Å². The number of carbonyl (C=O) groups excluding carboxylic acids is 1. The molecule has 0 radical (unpaired) electrons. The standard InChI is InChI=1S/C23H28N4O2S2/c1-14-7-6-10-26(13-14)20-17(15(2)18(12-24)21(28)25(20)3)11-19-22(29)27(23(30)31-19)16-8-4-5-9-16/h11,14,16H,4-10,13H2,1-3H3/b19-11-. The third-order valence-electron chi connectivity index (χ3n) is 6.71. The van der Waals surface area contributed by atoms with Crippen LogP contribution in [0.4, 0.5) is 5.82 Å². The SMILES string of the molecule is Cc1c(/C=C2\SC(=S)N(C3CCCC3)C2=O)c(N2CCCC(C)C2)n(C)c(=O)c1C#N. The third kappa shape index (κ3) is 3.94. The van der Waals surface area contributed by atoms with Gasteiger partial charge in [0.1, 0.15) is 21.8 Å². The average molecular weight is 457 g/mol. The fourth-order valence-electron chi connectivity index (χ4n) is 5.06. The second-order valence-corrected chi connectivity index (χ2v) is 10.6. The largest absolute Gasteiger partial charge is 0.357 e. The first-order valence-corrected chi connectivity index (χ1v) is 12.2. The summed E-state index contributed by atoms with van der Waals surface area (Å²) < 4.78 is 2.19. The Kier molecular flexibility index (Phi) is 6.27. The van der Waals surface area contributed by atoms with Crippen LogP contribution in [0.2, 0.25) is 0 Å². The minimum atomic E-state index is -0.288. The number of nitrogens with zero attached hydrogens (tertiary/aromatic N) is 4. The molecule has 6 nitrogen and oxygen atoms in total. The number of piperidine rings is 1. The molecule has 3 fully saturated rings. The normalized spacial score (nSPS) is 23.8. The van der Waals surface area contributed by atoms with Crippen LogP contribution in [0.25, 0.3) is 6.08 Å². The van der Waals surface area contributed by atoms with E-state index in [2.05, 4.69) is 17.9 Å². The lowest BCUT2D eigenvalue weighted by Crippen LogP contribution is -2.39. The van der Waals surface area contributed by atoms with Crippen LogP contribution in [0.15, 0.2) is 9.70 Å². The molecule has 3 heterocycles. The van der Waals surface area contributed by atoms with Crippen molar-refractivity contribution in [3.8, 4) is 6.07 Å². The summed E-state index contributed by atoms with van der Waals surface area (Å²) in [5.74, 6) is 1.26. The summed E-state index contributed by atoms with van der Waals surface area (Å²) in [6.07, 6.45) is 8.32. The van der Waals surface area contributed by atoms with Crippen LogP contribution in [-0.2, 0) is 11.8 Å². The van der Waals surface area contributed by atoms with Gasteiger partial charge in [-0.25, -0.2) is 0 Å². The fraction of sp³-hybridized carbons (Fsp3) is 0.565. The number of hydrogen-bond donors (Lipinski definition) is 0. The monoisotopic (exact) mass is 456 g/mol. The summed E-state index contributed by atoms with van der Waals surface area (Å²) in [5.41, 5.74) is 1.25. The van der Waals surface area contributed by atoms with Gasteiger partial charge in [0.05, 0.1) is 4.91 Å². The van der Waals surface area contributed by atoms with Crippen molar-refractivity contribution in [2.24, 2.45) is 13.0 Å². The Morgan fingerprint density at radius 3 is 2.55 bits per heavy atom. The zero-order valence-electron chi connectivity index (χ0n) is 18.3. The number of hydrogen-bond acceptors (Lipinski definition) is 6. The molecule has 0 bridgehead atoms. The Morgan fingerprint density at radius 2 is 1.90 bits per heavy atom. The molecule has 4 rings (SSSR count). The van der Waals surface area contributed by atoms with Crippen molar-refractivity contribution in [2.45, 2.75) is 58.4 Å². The number of amides is 1. The van der Waals surface area contributed by atoms with Gasteiger partial charge in [0.15, 0.2) is 0 Å². The van der Waals surface area contributed by atoms with Crippen molar-refractivity contribution in [1.82, 2.24) is 9.47 Å². The van der Waals surface area contributed by atoms with Crippen LogP contribution in [0, 0.1) is 24.2 Å². The van der Waals surface area contributed by atoms with Gasteiger partial charge in [-0.1, -0.05) is 43.7 Å². The zero-order chi connectivity index (χ0) is 22.3. The number of thioether (sulfide) groups is 1. The van der Waals surface area contributed by atoms with E-state index in [1.807, 2.05) is 6.08 Å². The summed E-state index contributed by atoms with van der Waals surface area (Å²) in [6.45, 7) is 5.73. The molecule has 1 atom stereocenters. The smallest absolute Gasteiger partial charge is 0.270 e. The van der Waals surface area contributed by atoms with Gasteiger partial charge in [0.25, 0.3) is 11.5 Å². The molecular formula is C23H28N4O2S2. The van der Waals surface area contributed by atoms with Gasteiger partial charge < -0.3 is 4.90 Å². The van der Waals surface area contributed by atoms with Crippen LogP contribution in [0.5, 0.6) is 0 Å². The average Bonchev–Trinajstić information content (AvgIpc) is 3.34. The highest BCUT2D eigenvalue weighted by Crippen LogP contribution is 2.39. The lowest BCUT2D eigenvalue weighted by molar-refractivity contribution is -0.123. The third-order valence-corrected chi connectivity index (χ3v) is 8.04. The second-order valence-electron chi connectivity index (χ2n) is 8.90. The topological polar surface area (TPSA) is 69.3 Å². The number of anilines is 1. The molecule has 1 unspecified atom stereocenters. The molecule has 0 aromatic carbocycles. The maximum Gasteiger partial charge on any atom is 0.270 e. The molecule has 164 valence electrons. The van der Waals surface area contributed by atoms with E-state index < -0.39 is 0 Å². The summed E-state index contributed by atoms with van der Waals surface area (Å²) >= 11 is 6.89. The number of pyridine rings is 1. The maximum atomic E-state index is 13.3. The van der Waals surface area contributed by atoms with Crippen LogP contribution in [0.1, 0.15) is 62.1 Å². The van der Waals surface area contributed by atoms with Gasteiger partial charge in [-0.05, 0) is 50.2 Å². The van der Waals surface area contributed by atoms with Gasteiger partial charge in [0.2, 0.25) is 0 Å². The molecule has 3 aliphatic rings. The molecule has 2 saturated heterocycles. The number of thiocarbonyl (C=S) groups is 1. The van der Waals surface area contributed by atoms with E-state index in [1.165, 1.54) is 11.8 Å². The highest BCUT2D eigenvalue weighted by molar-refractivity contribution is 8.26. The summed E-state index contributed by atoms with van der Waals surface area (Å²) in [5, 5.41) is 9.63. The molecule has 1 amide bonds. The molecule has 1 aromatic heterocycles. The van der Waals surface area contributed by atoms with Crippen molar-refractivity contribution in [3.63, 3.8) is 0 Å². The summed E-state index contributed by atoms with van der Waals surface area (Å²) in [4.78, 5) is 30.7. The molecule has 8 heteroatoms. The predicted octanol–water partition coefficient (Wildman–Crippen LogP) is 3.95. The van der Waals surface area contributed by atoms with Crippen LogP contribution < -0.4 is 10.5 Å². The van der Waals surface area contributed by atoms with E-state index in [0.717, 1.165) is 63.0 Å². The Bertz CT molecular complexity index is 1060. The van der Waals surface area contributed by atoms with E-state index >= 15 is 0 Å². The summed E-state index contributed by atoms with van der Waals surface area (Å²) in [7, 11) is 1.72. The minimum Gasteiger partial charge on any atom is -0.357 e. The highest BCUT2D eigenvalue weighted by Gasteiger charge is 2.38. The van der Waals surface area contributed by atoms with E-state index in [1.54, 1.807) is 23.4 Å². The van der Waals surface area contributed by atoms with Crippen LogP contribution in [0.3, 0.4) is 0 Å². The first kappa shape index (κ1) is 22.1.